The Bertz CT molecular complexity index is 472. The van der Waals surface area contributed by atoms with Crippen LogP contribution in [0.4, 0.5) is 0 Å². The molecular formula is C11H17N4NaO7S. The van der Waals surface area contributed by atoms with Gasteiger partial charge in [-0.25, -0.2) is 5.26 Å². The predicted octanol–water partition coefficient (Wildman–Crippen LogP) is -6.37. The molecule has 0 aliphatic carbocycles. The van der Waals surface area contributed by atoms with Crippen LogP contribution in [0.15, 0.2) is 0 Å². The molecule has 0 aromatic carbocycles. The van der Waals surface area contributed by atoms with Crippen molar-refractivity contribution in [2.24, 2.45) is 5.73 Å². The van der Waals surface area contributed by atoms with E-state index in [2.05, 4.69) is 23.3 Å². The van der Waals surface area contributed by atoms with Gasteiger partial charge in [-0.05, 0) is 6.42 Å². The maximum atomic E-state index is 11.5. The molecule has 24 heavy (non-hydrogen) atoms. The van der Waals surface area contributed by atoms with Crippen molar-refractivity contribution in [1.82, 2.24) is 10.6 Å². The van der Waals surface area contributed by atoms with Gasteiger partial charge in [-0.1, -0.05) is 0 Å². The zero-order valence-corrected chi connectivity index (χ0v) is 15.8. The fourth-order valence-corrected chi connectivity index (χ4v) is 1.41. The second-order valence-electron chi connectivity index (χ2n) is 3.99. The number of nitriles is 1. The normalized spacial score (nSPS) is 11.2. The van der Waals surface area contributed by atoms with Gasteiger partial charge >= 0.3 is 41.5 Å². The van der Waals surface area contributed by atoms with Gasteiger partial charge in [-0.3, -0.25) is 19.2 Å². The topological polar surface area (TPSA) is 206 Å². The van der Waals surface area contributed by atoms with E-state index in [0.29, 0.717) is 6.26 Å². The Morgan fingerprint density at radius 1 is 1.29 bits per heavy atom. The third-order valence-corrected chi connectivity index (χ3v) is 2.61. The van der Waals surface area contributed by atoms with Crippen molar-refractivity contribution < 1.29 is 64.1 Å². The first-order chi connectivity index (χ1) is 10.7. The summed E-state index contributed by atoms with van der Waals surface area (Å²) >= 11 is 3.87. The Hall–Kier alpha value is -1.52. The molecule has 0 aliphatic heterocycles. The van der Waals surface area contributed by atoms with Gasteiger partial charge in [0.05, 0.1) is 0 Å². The molecule has 0 saturated carbocycles. The van der Waals surface area contributed by atoms with Crippen LogP contribution in [0.5, 0.6) is 0 Å². The molecule has 2 atom stereocenters. The summed E-state index contributed by atoms with van der Waals surface area (Å²) in [4.78, 5) is 43.7. The first-order valence-corrected chi connectivity index (χ1v) is 6.72. The molecule has 0 bridgehead atoms. The predicted molar refractivity (Wildman–Crippen MR) is 76.9 cm³/mol. The van der Waals surface area contributed by atoms with E-state index in [1.165, 1.54) is 0 Å². The van der Waals surface area contributed by atoms with Crippen molar-refractivity contribution in [2.75, 3.05) is 12.3 Å². The van der Waals surface area contributed by atoms with Crippen LogP contribution >= 0.6 is 12.6 Å². The standard InChI is InChI=1S/C10H17N3O6S.CHNO.Na/c11-5(10(18)19)1-2-7(14)13-6(4-20)9(17)12-3-8(15)16;2-1-3;/h5-6,20H,1-4,11H2,(H,12,17)(H,13,14)(H,15,16)(H,18,19);3H;/q;;+1/p-1/t5-,6-;;/m0../s1. The molecular weight excluding hydrogens is 355 g/mol. The Labute approximate surface area is 165 Å². The number of hydrogen-bond donors (Lipinski definition) is 6. The minimum Gasteiger partial charge on any atom is -0.812 e. The molecule has 2 amide bonds. The fraction of sp³-hybridized carbons (Fsp3) is 0.545. The van der Waals surface area contributed by atoms with Crippen LogP contribution < -0.4 is 51.0 Å². The monoisotopic (exact) mass is 372 g/mol. The summed E-state index contributed by atoms with van der Waals surface area (Å²) in [6.45, 7) is -0.567. The molecule has 0 saturated heterocycles. The summed E-state index contributed by atoms with van der Waals surface area (Å²) in [5.74, 6) is -3.70. The number of aliphatic carboxylic acids is 2. The van der Waals surface area contributed by atoms with Crippen molar-refractivity contribution in [3.05, 3.63) is 0 Å². The van der Waals surface area contributed by atoms with Crippen LogP contribution in [0.3, 0.4) is 0 Å². The first-order valence-electron chi connectivity index (χ1n) is 6.08. The summed E-state index contributed by atoms with van der Waals surface area (Å²) < 4.78 is 0. The summed E-state index contributed by atoms with van der Waals surface area (Å²) in [6, 6.07) is -2.15. The maximum Gasteiger partial charge on any atom is 1.00 e. The van der Waals surface area contributed by atoms with Crippen LogP contribution in [0.25, 0.3) is 0 Å². The Kier molecular flexibility index (Phi) is 18.6. The van der Waals surface area contributed by atoms with E-state index in [0.717, 1.165) is 0 Å². The zero-order valence-electron chi connectivity index (χ0n) is 12.9. The number of nitrogens with one attached hydrogen (secondary N) is 2. The number of rotatable bonds is 9. The molecule has 0 aromatic rings. The molecule has 0 radical (unpaired) electrons. The first kappa shape index (κ1) is 27.3. The average molecular weight is 372 g/mol. The molecule has 11 nitrogen and oxygen atoms in total. The van der Waals surface area contributed by atoms with Gasteiger partial charge in [0.1, 0.15) is 18.6 Å². The number of carbonyl (C=O) groups excluding carboxylic acids is 2. The smallest absolute Gasteiger partial charge is 0.812 e. The third kappa shape index (κ3) is 15.4. The van der Waals surface area contributed by atoms with Crippen molar-refractivity contribution in [2.45, 2.75) is 24.9 Å². The molecule has 130 valence electrons. The SMILES string of the molecule is N#C[O-].N[C@@H](CCC(=O)N[C@@H](CS)C(=O)NCC(=O)O)C(=O)O.[Na+]. The van der Waals surface area contributed by atoms with Gasteiger partial charge in [0.2, 0.25) is 11.8 Å². The maximum absolute atomic E-state index is 11.5. The van der Waals surface area contributed by atoms with Crippen LogP contribution in [0.2, 0.25) is 0 Å². The van der Waals surface area contributed by atoms with Crippen molar-refractivity contribution >= 4 is 36.4 Å². The molecule has 13 heteroatoms. The number of hydrogen-bond acceptors (Lipinski definition) is 8. The Balaban J connectivity index is -0.00000102. The number of carbonyl (C=O) groups is 4. The second kappa shape index (κ2) is 16.3. The fourth-order valence-electron chi connectivity index (χ4n) is 1.16. The molecule has 0 heterocycles. The van der Waals surface area contributed by atoms with Gasteiger partial charge in [-0.15, -0.1) is 0 Å². The Morgan fingerprint density at radius 3 is 2.17 bits per heavy atom. The van der Waals surface area contributed by atoms with E-state index in [-0.39, 0.29) is 48.2 Å². The van der Waals surface area contributed by atoms with Gasteiger partial charge < -0.3 is 31.7 Å². The number of thiol groups is 1. The molecule has 0 aromatic heterocycles. The molecule has 0 spiro atoms. The summed E-state index contributed by atoms with van der Waals surface area (Å²) in [5.41, 5.74) is 5.23. The second-order valence-corrected chi connectivity index (χ2v) is 4.35. The molecule has 0 rings (SSSR count). The number of carboxylic acid groups (broad SMARTS) is 2. The minimum atomic E-state index is -1.22. The number of amides is 2. The van der Waals surface area contributed by atoms with E-state index in [1.807, 2.05) is 0 Å². The molecule has 0 fully saturated rings. The van der Waals surface area contributed by atoms with Gasteiger partial charge in [0.25, 0.3) is 0 Å². The van der Waals surface area contributed by atoms with Crippen molar-refractivity contribution in [3.63, 3.8) is 0 Å². The number of nitrogens with zero attached hydrogens (tertiary/aromatic N) is 1. The minimum absolute atomic E-state index is 0. The van der Waals surface area contributed by atoms with Crippen LogP contribution in [-0.4, -0.2) is 58.3 Å². The van der Waals surface area contributed by atoms with Crippen molar-refractivity contribution in [1.29, 1.82) is 5.26 Å². The summed E-state index contributed by atoms with van der Waals surface area (Å²) in [7, 11) is 0. The van der Waals surface area contributed by atoms with E-state index in [1.54, 1.807) is 0 Å². The number of carboxylic acids is 2. The average Bonchev–Trinajstić information content (AvgIpc) is 2.48. The summed E-state index contributed by atoms with van der Waals surface area (Å²) in [5, 5.41) is 36.4. The van der Waals surface area contributed by atoms with E-state index >= 15 is 0 Å². The number of nitrogens with two attached hydrogens (primary N) is 1. The quantitative estimate of drug-likeness (QED) is 0.129. The van der Waals surface area contributed by atoms with Crippen LogP contribution in [0, 0.1) is 11.5 Å². The molecule has 0 unspecified atom stereocenters. The Morgan fingerprint density at radius 2 is 1.79 bits per heavy atom. The van der Waals surface area contributed by atoms with Gasteiger partial charge in [0, 0.05) is 18.4 Å². The zero-order chi connectivity index (χ0) is 18.4. The third-order valence-electron chi connectivity index (χ3n) is 2.25. The van der Waals surface area contributed by atoms with Gasteiger partial charge in [-0.2, -0.15) is 12.6 Å². The van der Waals surface area contributed by atoms with E-state index < -0.39 is 42.4 Å². The van der Waals surface area contributed by atoms with Gasteiger partial charge in [0.15, 0.2) is 0 Å². The van der Waals surface area contributed by atoms with Crippen LogP contribution in [0.1, 0.15) is 12.8 Å². The summed E-state index contributed by atoms with van der Waals surface area (Å²) in [6.07, 6.45) is 0.265. The molecule has 0 aliphatic rings. The molecule has 6 N–H and O–H groups in total. The van der Waals surface area contributed by atoms with E-state index in [9.17, 15) is 19.2 Å². The largest absolute Gasteiger partial charge is 1.00 e. The van der Waals surface area contributed by atoms with Crippen LogP contribution in [-0.2, 0) is 19.2 Å². The van der Waals surface area contributed by atoms with Crippen molar-refractivity contribution in [3.8, 4) is 6.26 Å². The van der Waals surface area contributed by atoms with E-state index in [4.69, 9.17) is 26.3 Å².